The van der Waals surface area contributed by atoms with E-state index >= 15 is 0 Å². The zero-order chi connectivity index (χ0) is 16.6. The van der Waals surface area contributed by atoms with Crippen LogP contribution in [0.3, 0.4) is 0 Å². The predicted molar refractivity (Wildman–Crippen MR) is 97.5 cm³/mol. The average Bonchev–Trinajstić information content (AvgIpc) is 2.64. The van der Waals surface area contributed by atoms with Crippen molar-refractivity contribution in [2.75, 3.05) is 5.32 Å². The molecule has 0 aromatic heterocycles. The summed E-state index contributed by atoms with van der Waals surface area (Å²) in [6, 6.07) is 28.1. The number of benzene rings is 3. The number of hydrogen-bond acceptors (Lipinski definition) is 2. The van der Waals surface area contributed by atoms with E-state index in [1.165, 1.54) is 0 Å². The molecule has 2 N–H and O–H groups in total. The van der Waals surface area contributed by atoms with Crippen molar-refractivity contribution >= 4 is 23.2 Å². The third-order valence-electron chi connectivity index (χ3n) is 3.30. The Balaban J connectivity index is 1.84. The Labute approximate surface area is 140 Å². The molecule has 1 amide bonds. The fourth-order valence-corrected chi connectivity index (χ4v) is 2.15. The minimum absolute atomic E-state index is 0.214. The van der Waals surface area contributed by atoms with Crippen LogP contribution in [0.4, 0.5) is 11.4 Å². The van der Waals surface area contributed by atoms with Gasteiger partial charge in [-0.15, -0.1) is 0 Å². The molecular formula is C20H17N3O. The number of aliphatic imine (C=N–C) groups is 1. The number of amides is 1. The van der Waals surface area contributed by atoms with E-state index in [-0.39, 0.29) is 5.91 Å². The van der Waals surface area contributed by atoms with E-state index in [0.717, 1.165) is 11.4 Å². The molecule has 0 saturated carbocycles. The molecule has 4 heteroatoms. The predicted octanol–water partition coefficient (Wildman–Crippen LogP) is 4.22. The Hall–Kier alpha value is -3.40. The maximum Gasteiger partial charge on any atom is 0.257 e. The molecule has 3 aromatic carbocycles. The molecule has 0 spiro atoms. The van der Waals surface area contributed by atoms with Crippen molar-refractivity contribution in [3.8, 4) is 0 Å². The van der Waals surface area contributed by atoms with E-state index in [4.69, 9.17) is 0 Å². The molecule has 0 bridgehead atoms. The van der Waals surface area contributed by atoms with E-state index in [1.807, 2.05) is 78.9 Å². The van der Waals surface area contributed by atoms with Gasteiger partial charge in [0, 0.05) is 11.3 Å². The third kappa shape index (κ3) is 4.30. The molecule has 0 heterocycles. The van der Waals surface area contributed by atoms with Crippen molar-refractivity contribution in [1.82, 2.24) is 5.32 Å². The monoisotopic (exact) mass is 315 g/mol. The topological polar surface area (TPSA) is 53.5 Å². The highest BCUT2D eigenvalue weighted by Gasteiger charge is 2.09. The lowest BCUT2D eigenvalue weighted by molar-refractivity contribution is 0.0977. The summed E-state index contributed by atoms with van der Waals surface area (Å²) in [6.07, 6.45) is 0. The number of guanidine groups is 1. The first-order valence-electron chi connectivity index (χ1n) is 7.63. The number of nitrogens with zero attached hydrogens (tertiary/aromatic N) is 1. The quantitative estimate of drug-likeness (QED) is 0.562. The van der Waals surface area contributed by atoms with Gasteiger partial charge in [0.1, 0.15) is 0 Å². The summed E-state index contributed by atoms with van der Waals surface area (Å²) < 4.78 is 0. The largest absolute Gasteiger partial charge is 0.326 e. The Morgan fingerprint density at radius 2 is 1.25 bits per heavy atom. The molecular weight excluding hydrogens is 298 g/mol. The maximum absolute atomic E-state index is 12.4. The fraction of sp³-hybridized carbons (Fsp3) is 0. The molecule has 4 nitrogen and oxygen atoms in total. The highest BCUT2D eigenvalue weighted by Crippen LogP contribution is 2.12. The highest BCUT2D eigenvalue weighted by atomic mass is 16.1. The number of nitrogens with one attached hydrogen (secondary N) is 2. The van der Waals surface area contributed by atoms with Gasteiger partial charge >= 0.3 is 0 Å². The lowest BCUT2D eigenvalue weighted by Crippen LogP contribution is -2.35. The van der Waals surface area contributed by atoms with Crippen molar-refractivity contribution in [1.29, 1.82) is 0 Å². The van der Waals surface area contributed by atoms with Crippen molar-refractivity contribution < 1.29 is 4.79 Å². The zero-order valence-corrected chi connectivity index (χ0v) is 13.0. The molecule has 3 aromatic rings. The second-order valence-electron chi connectivity index (χ2n) is 5.11. The number of hydrogen-bond donors (Lipinski definition) is 2. The van der Waals surface area contributed by atoms with E-state index < -0.39 is 0 Å². The van der Waals surface area contributed by atoms with Crippen LogP contribution in [0.15, 0.2) is 96.0 Å². The average molecular weight is 315 g/mol. The minimum atomic E-state index is -0.214. The molecule has 0 aliphatic rings. The molecule has 3 rings (SSSR count). The normalized spacial score (nSPS) is 10.9. The number of anilines is 1. The summed E-state index contributed by atoms with van der Waals surface area (Å²) in [4.78, 5) is 16.9. The van der Waals surface area contributed by atoms with E-state index in [9.17, 15) is 4.79 Å². The van der Waals surface area contributed by atoms with Crippen LogP contribution in [0.1, 0.15) is 10.4 Å². The lowest BCUT2D eigenvalue weighted by Gasteiger charge is -2.11. The molecule has 0 unspecified atom stereocenters. The van der Waals surface area contributed by atoms with Crippen molar-refractivity contribution in [3.05, 3.63) is 96.6 Å². The summed E-state index contributed by atoms with van der Waals surface area (Å²) in [5, 5.41) is 5.98. The van der Waals surface area contributed by atoms with Crippen LogP contribution in [-0.2, 0) is 0 Å². The molecule has 0 fully saturated rings. The third-order valence-corrected chi connectivity index (χ3v) is 3.30. The van der Waals surface area contributed by atoms with Crippen LogP contribution in [-0.4, -0.2) is 11.9 Å². The van der Waals surface area contributed by atoms with Gasteiger partial charge in [-0.05, 0) is 36.4 Å². The Morgan fingerprint density at radius 3 is 1.88 bits per heavy atom. The number of rotatable bonds is 3. The highest BCUT2D eigenvalue weighted by molar-refractivity contribution is 6.10. The first kappa shape index (κ1) is 15.5. The molecule has 0 saturated heterocycles. The molecule has 24 heavy (non-hydrogen) atoms. The number of carbonyl (C=O) groups excluding carboxylic acids is 1. The second-order valence-corrected chi connectivity index (χ2v) is 5.11. The molecule has 0 aliphatic carbocycles. The van der Waals surface area contributed by atoms with Gasteiger partial charge in [-0.1, -0.05) is 54.6 Å². The van der Waals surface area contributed by atoms with Gasteiger partial charge in [-0.25, -0.2) is 4.99 Å². The van der Waals surface area contributed by atoms with Crippen LogP contribution in [0.25, 0.3) is 0 Å². The van der Waals surface area contributed by atoms with E-state index in [2.05, 4.69) is 15.6 Å². The SMILES string of the molecule is O=C(NC(=Nc1ccccc1)Nc1ccccc1)c1ccccc1. The maximum atomic E-state index is 12.4. The number of carbonyl (C=O) groups is 1. The molecule has 118 valence electrons. The molecule has 0 atom stereocenters. The summed E-state index contributed by atoms with van der Waals surface area (Å²) >= 11 is 0. The Kier molecular flexibility index (Phi) is 5.00. The van der Waals surface area contributed by atoms with E-state index in [1.54, 1.807) is 12.1 Å². The van der Waals surface area contributed by atoms with Crippen LogP contribution < -0.4 is 10.6 Å². The van der Waals surface area contributed by atoms with E-state index in [0.29, 0.717) is 11.5 Å². The van der Waals surface area contributed by atoms with Gasteiger partial charge < -0.3 is 5.32 Å². The lowest BCUT2D eigenvalue weighted by atomic mass is 10.2. The minimum Gasteiger partial charge on any atom is -0.326 e. The van der Waals surface area contributed by atoms with Crippen LogP contribution in [0, 0.1) is 0 Å². The van der Waals surface area contributed by atoms with Gasteiger partial charge in [0.05, 0.1) is 5.69 Å². The Morgan fingerprint density at radius 1 is 0.708 bits per heavy atom. The van der Waals surface area contributed by atoms with Gasteiger partial charge in [0.25, 0.3) is 5.91 Å². The van der Waals surface area contributed by atoms with Crippen molar-refractivity contribution in [3.63, 3.8) is 0 Å². The first-order valence-corrected chi connectivity index (χ1v) is 7.63. The Bertz CT molecular complexity index is 815. The van der Waals surface area contributed by atoms with Crippen molar-refractivity contribution in [2.45, 2.75) is 0 Å². The van der Waals surface area contributed by atoms with Crippen LogP contribution in [0.5, 0.6) is 0 Å². The van der Waals surface area contributed by atoms with Gasteiger partial charge in [0.2, 0.25) is 5.96 Å². The standard InChI is InChI=1S/C20H17N3O/c24-19(16-10-4-1-5-11-16)23-20(21-17-12-6-2-7-13-17)22-18-14-8-3-9-15-18/h1-15H,(H2,21,22,23,24). The van der Waals surface area contributed by atoms with Gasteiger partial charge in [0.15, 0.2) is 0 Å². The smallest absolute Gasteiger partial charge is 0.257 e. The first-order chi connectivity index (χ1) is 11.8. The number of para-hydroxylation sites is 2. The zero-order valence-electron chi connectivity index (χ0n) is 13.0. The fourth-order valence-electron chi connectivity index (χ4n) is 2.15. The summed E-state index contributed by atoms with van der Waals surface area (Å²) in [5.74, 6) is 0.162. The molecule has 0 radical (unpaired) electrons. The van der Waals surface area contributed by atoms with Crippen LogP contribution >= 0.6 is 0 Å². The van der Waals surface area contributed by atoms with Crippen molar-refractivity contribution in [2.24, 2.45) is 4.99 Å². The summed E-state index contributed by atoms with van der Waals surface area (Å²) in [6.45, 7) is 0. The summed E-state index contributed by atoms with van der Waals surface area (Å²) in [5.41, 5.74) is 2.18. The van der Waals surface area contributed by atoms with Gasteiger partial charge in [-0.2, -0.15) is 0 Å². The molecule has 0 aliphatic heterocycles. The van der Waals surface area contributed by atoms with Gasteiger partial charge in [-0.3, -0.25) is 10.1 Å². The van der Waals surface area contributed by atoms with Crippen LogP contribution in [0.2, 0.25) is 0 Å². The second kappa shape index (κ2) is 7.74. The summed E-state index contributed by atoms with van der Waals surface area (Å²) in [7, 11) is 0.